The standard InChI is InChI=1S/C19H24FN7/c20-14-6-8-15(9-7-14)27-18(22)16(11-21)17(26-27)5-2-10-24-19(23)25-12-13-3-1-4-13/h6-9,13H,1-5,10,12,22H2,(H3,23,24,25). The van der Waals surface area contributed by atoms with Crippen molar-refractivity contribution in [3.63, 3.8) is 0 Å². The summed E-state index contributed by atoms with van der Waals surface area (Å²) in [7, 11) is 0. The fraction of sp³-hybridized carbons (Fsp3) is 0.421. The Morgan fingerprint density at radius 2 is 2.11 bits per heavy atom. The van der Waals surface area contributed by atoms with Crippen LogP contribution in [0.25, 0.3) is 5.69 Å². The van der Waals surface area contributed by atoms with Gasteiger partial charge >= 0.3 is 0 Å². The second-order valence-electron chi connectivity index (χ2n) is 6.76. The molecular formula is C19H24FN7. The number of halogens is 1. The predicted octanol–water partition coefficient (Wildman–Crippen LogP) is 2.10. The summed E-state index contributed by atoms with van der Waals surface area (Å²) in [4.78, 5) is 4.35. The Morgan fingerprint density at radius 1 is 1.37 bits per heavy atom. The lowest BCUT2D eigenvalue weighted by Crippen LogP contribution is -2.33. The summed E-state index contributed by atoms with van der Waals surface area (Å²) in [6.45, 7) is 1.42. The highest BCUT2D eigenvalue weighted by Crippen LogP contribution is 2.26. The maximum atomic E-state index is 13.1. The zero-order valence-corrected chi connectivity index (χ0v) is 15.2. The van der Waals surface area contributed by atoms with E-state index >= 15 is 0 Å². The maximum Gasteiger partial charge on any atom is 0.188 e. The summed E-state index contributed by atoms with van der Waals surface area (Å²) >= 11 is 0. The van der Waals surface area contributed by atoms with Gasteiger partial charge in [0.25, 0.3) is 0 Å². The first-order valence-electron chi connectivity index (χ1n) is 9.15. The molecule has 0 bridgehead atoms. The third-order valence-corrected chi connectivity index (χ3v) is 4.82. The van der Waals surface area contributed by atoms with Crippen LogP contribution in [0.15, 0.2) is 29.3 Å². The molecular weight excluding hydrogens is 345 g/mol. The number of anilines is 1. The van der Waals surface area contributed by atoms with Crippen molar-refractivity contribution in [3.05, 3.63) is 41.3 Å². The molecule has 0 amide bonds. The summed E-state index contributed by atoms with van der Waals surface area (Å²) in [6, 6.07) is 7.92. The van der Waals surface area contributed by atoms with Gasteiger partial charge < -0.3 is 16.8 Å². The highest BCUT2D eigenvalue weighted by molar-refractivity contribution is 5.77. The topological polar surface area (TPSA) is 118 Å². The van der Waals surface area contributed by atoms with Crippen molar-refractivity contribution in [1.29, 1.82) is 5.26 Å². The van der Waals surface area contributed by atoms with E-state index < -0.39 is 0 Å². The first kappa shape index (κ1) is 18.7. The van der Waals surface area contributed by atoms with Gasteiger partial charge in [0.2, 0.25) is 0 Å². The number of rotatable bonds is 7. The van der Waals surface area contributed by atoms with E-state index in [4.69, 9.17) is 11.5 Å². The largest absolute Gasteiger partial charge is 0.382 e. The highest BCUT2D eigenvalue weighted by Gasteiger charge is 2.17. The molecule has 1 aliphatic rings. The first-order valence-corrected chi connectivity index (χ1v) is 9.15. The number of guanidine groups is 1. The van der Waals surface area contributed by atoms with Crippen molar-refractivity contribution in [2.45, 2.75) is 32.1 Å². The Balaban J connectivity index is 1.57. The van der Waals surface area contributed by atoms with E-state index in [-0.39, 0.29) is 11.6 Å². The highest BCUT2D eigenvalue weighted by atomic mass is 19.1. The number of nitrogens with zero attached hydrogens (tertiary/aromatic N) is 4. The molecule has 7 nitrogen and oxygen atoms in total. The summed E-state index contributed by atoms with van der Waals surface area (Å²) in [5, 5.41) is 16.9. The molecule has 1 aromatic carbocycles. The van der Waals surface area contributed by atoms with E-state index in [1.807, 2.05) is 0 Å². The molecule has 0 atom stereocenters. The average Bonchev–Trinajstić information content (AvgIpc) is 2.93. The Kier molecular flexibility index (Phi) is 5.91. The van der Waals surface area contributed by atoms with Crippen molar-refractivity contribution in [1.82, 2.24) is 15.1 Å². The van der Waals surface area contributed by atoms with Crippen LogP contribution in [0.3, 0.4) is 0 Å². The maximum absolute atomic E-state index is 13.1. The Hall–Kier alpha value is -3.08. The number of aliphatic imine (C=N–C) groups is 1. The quantitative estimate of drug-likeness (QED) is 0.392. The van der Waals surface area contributed by atoms with Crippen molar-refractivity contribution in [3.8, 4) is 11.8 Å². The molecule has 1 heterocycles. The van der Waals surface area contributed by atoms with Crippen LogP contribution in [0.5, 0.6) is 0 Å². The molecule has 0 radical (unpaired) electrons. The molecule has 5 N–H and O–H groups in total. The molecule has 3 rings (SSSR count). The number of nitrogen functional groups attached to an aromatic ring is 1. The minimum atomic E-state index is -0.340. The molecule has 1 aromatic heterocycles. The number of hydrogen-bond donors (Lipinski definition) is 3. The lowest BCUT2D eigenvalue weighted by atomic mass is 9.86. The SMILES string of the molecule is N#Cc1c(CCCNC(N)=NCC2CCC2)nn(-c2ccc(F)cc2)c1N. The van der Waals surface area contributed by atoms with Gasteiger partial charge in [0, 0.05) is 13.1 Å². The van der Waals surface area contributed by atoms with Crippen LogP contribution in [0, 0.1) is 23.1 Å². The van der Waals surface area contributed by atoms with Gasteiger partial charge in [-0.05, 0) is 55.9 Å². The van der Waals surface area contributed by atoms with Crippen LogP contribution >= 0.6 is 0 Å². The molecule has 142 valence electrons. The lowest BCUT2D eigenvalue weighted by molar-refractivity contribution is 0.326. The number of aromatic nitrogens is 2. The fourth-order valence-corrected chi connectivity index (χ4v) is 2.99. The van der Waals surface area contributed by atoms with Gasteiger partial charge in [0.15, 0.2) is 5.96 Å². The van der Waals surface area contributed by atoms with Gasteiger partial charge in [-0.3, -0.25) is 4.99 Å². The molecule has 2 aromatic rings. The van der Waals surface area contributed by atoms with Crippen LogP contribution in [-0.2, 0) is 6.42 Å². The van der Waals surface area contributed by atoms with Crippen LogP contribution in [0.1, 0.15) is 36.9 Å². The first-order chi connectivity index (χ1) is 13.1. The van der Waals surface area contributed by atoms with Crippen molar-refractivity contribution < 1.29 is 4.39 Å². The third-order valence-electron chi connectivity index (χ3n) is 4.82. The molecule has 1 fully saturated rings. The van der Waals surface area contributed by atoms with E-state index in [9.17, 15) is 9.65 Å². The van der Waals surface area contributed by atoms with Gasteiger partial charge in [-0.15, -0.1) is 0 Å². The minimum absolute atomic E-state index is 0.258. The van der Waals surface area contributed by atoms with E-state index in [1.165, 1.54) is 36.1 Å². The monoisotopic (exact) mass is 369 g/mol. The normalized spacial score (nSPS) is 14.6. The molecule has 0 spiro atoms. The van der Waals surface area contributed by atoms with Crippen LogP contribution in [-0.4, -0.2) is 28.8 Å². The van der Waals surface area contributed by atoms with Crippen LogP contribution in [0.2, 0.25) is 0 Å². The predicted molar refractivity (Wildman–Crippen MR) is 103 cm³/mol. The molecule has 27 heavy (non-hydrogen) atoms. The van der Waals surface area contributed by atoms with Crippen LogP contribution < -0.4 is 16.8 Å². The van der Waals surface area contributed by atoms with Gasteiger partial charge in [-0.1, -0.05) is 6.42 Å². The molecule has 0 unspecified atom stereocenters. The number of hydrogen-bond acceptors (Lipinski definition) is 4. The Morgan fingerprint density at radius 3 is 2.74 bits per heavy atom. The summed E-state index contributed by atoms with van der Waals surface area (Å²) in [5.41, 5.74) is 13.5. The summed E-state index contributed by atoms with van der Waals surface area (Å²) < 4.78 is 14.6. The van der Waals surface area contributed by atoms with Crippen molar-refractivity contribution >= 4 is 11.8 Å². The molecule has 0 saturated heterocycles. The van der Waals surface area contributed by atoms with E-state index in [2.05, 4.69) is 21.5 Å². The zero-order valence-electron chi connectivity index (χ0n) is 15.2. The molecule has 0 aliphatic heterocycles. The molecule has 1 aliphatic carbocycles. The van der Waals surface area contributed by atoms with Crippen molar-refractivity contribution in [2.24, 2.45) is 16.6 Å². The Bertz CT molecular complexity index is 844. The number of benzene rings is 1. The lowest BCUT2D eigenvalue weighted by Gasteiger charge is -2.23. The molecule has 8 heteroatoms. The van der Waals surface area contributed by atoms with E-state index in [0.717, 1.165) is 13.0 Å². The fourth-order valence-electron chi connectivity index (χ4n) is 2.99. The Labute approximate surface area is 157 Å². The average molecular weight is 369 g/mol. The van der Waals surface area contributed by atoms with Crippen LogP contribution in [0.4, 0.5) is 10.2 Å². The number of nitrogens with two attached hydrogens (primary N) is 2. The second-order valence-corrected chi connectivity index (χ2v) is 6.76. The van der Waals surface area contributed by atoms with Crippen molar-refractivity contribution in [2.75, 3.05) is 18.8 Å². The van der Waals surface area contributed by atoms with E-state index in [0.29, 0.717) is 41.8 Å². The number of nitriles is 1. The number of nitrogens with one attached hydrogen (secondary N) is 1. The second kappa shape index (κ2) is 8.54. The smallest absolute Gasteiger partial charge is 0.188 e. The minimum Gasteiger partial charge on any atom is -0.382 e. The van der Waals surface area contributed by atoms with Gasteiger partial charge in [0.05, 0.1) is 11.4 Å². The molecule has 1 saturated carbocycles. The van der Waals surface area contributed by atoms with Gasteiger partial charge in [-0.2, -0.15) is 10.4 Å². The zero-order chi connectivity index (χ0) is 19.2. The third kappa shape index (κ3) is 4.56. The summed E-state index contributed by atoms with van der Waals surface area (Å²) in [5.74, 6) is 1.06. The van der Waals surface area contributed by atoms with E-state index in [1.54, 1.807) is 12.1 Å². The van der Waals surface area contributed by atoms with Gasteiger partial charge in [0.1, 0.15) is 23.3 Å². The summed E-state index contributed by atoms with van der Waals surface area (Å²) in [6.07, 6.45) is 5.08. The van der Waals surface area contributed by atoms with Gasteiger partial charge in [-0.25, -0.2) is 9.07 Å². The number of aryl methyl sites for hydroxylation is 1.